The Kier molecular flexibility index (Phi) is 2.22. The largest absolute Gasteiger partial charge is 0.373 e. The van der Waals surface area contributed by atoms with Crippen molar-refractivity contribution in [3.05, 3.63) is 36.4 Å². The van der Waals surface area contributed by atoms with Gasteiger partial charge in [-0.2, -0.15) is 0 Å². The van der Waals surface area contributed by atoms with E-state index in [4.69, 9.17) is 0 Å². The van der Waals surface area contributed by atoms with Crippen LogP contribution in [-0.2, 0) is 6.42 Å². The highest BCUT2D eigenvalue weighted by molar-refractivity contribution is 5.55. The molecule has 1 atom stereocenters. The van der Waals surface area contributed by atoms with Crippen LogP contribution >= 0.6 is 0 Å². The first-order valence-corrected chi connectivity index (χ1v) is 5.51. The molecule has 0 spiro atoms. The minimum atomic E-state index is -0.436. The van der Waals surface area contributed by atoms with Gasteiger partial charge in [-0.1, -0.05) is 0 Å². The summed E-state index contributed by atoms with van der Waals surface area (Å²) in [6.07, 6.45) is 7.74. The fourth-order valence-corrected chi connectivity index (χ4v) is 2.22. The van der Waals surface area contributed by atoms with Gasteiger partial charge in [0, 0.05) is 29.8 Å². The molecule has 0 saturated carbocycles. The van der Waals surface area contributed by atoms with Crippen LogP contribution in [0.5, 0.6) is 0 Å². The van der Waals surface area contributed by atoms with Crippen molar-refractivity contribution < 1.29 is 5.11 Å². The summed E-state index contributed by atoms with van der Waals surface area (Å²) in [5.41, 5.74) is 2.12. The monoisotopic (exact) mass is 215 g/mol. The Morgan fingerprint density at radius 1 is 1.31 bits per heavy atom. The number of aliphatic hydroxyl groups is 1. The summed E-state index contributed by atoms with van der Waals surface area (Å²) >= 11 is 0. The van der Waals surface area contributed by atoms with E-state index in [1.54, 1.807) is 12.4 Å². The van der Waals surface area contributed by atoms with Crippen molar-refractivity contribution in [2.45, 2.75) is 25.5 Å². The molecule has 1 N–H and O–H groups in total. The van der Waals surface area contributed by atoms with Gasteiger partial charge in [0.25, 0.3) is 0 Å². The van der Waals surface area contributed by atoms with Gasteiger partial charge in [0.05, 0.1) is 0 Å². The molecule has 1 aliphatic rings. The van der Waals surface area contributed by atoms with Gasteiger partial charge < -0.3 is 9.67 Å². The Morgan fingerprint density at radius 2 is 2.12 bits per heavy atom. The van der Waals surface area contributed by atoms with E-state index in [0.29, 0.717) is 0 Å². The van der Waals surface area contributed by atoms with Crippen LogP contribution in [0.2, 0.25) is 0 Å². The fraction of sp³-hybridized carbons (Fsp3) is 0.333. The molecule has 0 fully saturated rings. The Balaban J connectivity index is 2.13. The quantitative estimate of drug-likeness (QED) is 0.788. The van der Waals surface area contributed by atoms with E-state index in [2.05, 4.69) is 9.97 Å². The smallest absolute Gasteiger partial charge is 0.142 e. The van der Waals surface area contributed by atoms with E-state index in [1.807, 2.05) is 22.9 Å². The van der Waals surface area contributed by atoms with Crippen LogP contribution in [-0.4, -0.2) is 19.6 Å². The van der Waals surface area contributed by atoms with Gasteiger partial charge in [-0.05, 0) is 31.4 Å². The van der Waals surface area contributed by atoms with E-state index in [9.17, 15) is 5.11 Å². The van der Waals surface area contributed by atoms with Gasteiger partial charge in [-0.3, -0.25) is 4.98 Å². The highest BCUT2D eigenvalue weighted by Crippen LogP contribution is 2.29. The lowest BCUT2D eigenvalue weighted by Gasteiger charge is -2.22. The molecule has 0 saturated heterocycles. The Labute approximate surface area is 93.6 Å². The first kappa shape index (κ1) is 9.54. The summed E-state index contributed by atoms with van der Waals surface area (Å²) in [5.74, 6) is 0.838. The second-order valence-corrected chi connectivity index (χ2v) is 4.05. The van der Waals surface area contributed by atoms with Crippen LogP contribution in [0.15, 0.2) is 30.7 Å². The van der Waals surface area contributed by atoms with Crippen molar-refractivity contribution in [2.24, 2.45) is 0 Å². The number of hydrogen-bond donors (Lipinski definition) is 1. The minimum Gasteiger partial charge on any atom is -0.373 e. The molecule has 1 unspecified atom stereocenters. The average molecular weight is 215 g/mol. The van der Waals surface area contributed by atoms with Crippen LogP contribution < -0.4 is 0 Å². The van der Waals surface area contributed by atoms with E-state index in [1.165, 1.54) is 0 Å². The maximum Gasteiger partial charge on any atom is 0.142 e. The molecule has 2 aromatic heterocycles. The molecule has 2 aromatic rings. The number of rotatable bonds is 1. The first-order valence-electron chi connectivity index (χ1n) is 5.51. The lowest BCUT2D eigenvalue weighted by Crippen LogP contribution is -2.17. The third kappa shape index (κ3) is 1.42. The summed E-state index contributed by atoms with van der Waals surface area (Å²) in [5, 5.41) is 10.00. The van der Waals surface area contributed by atoms with Gasteiger partial charge in [-0.25, -0.2) is 4.98 Å². The summed E-state index contributed by atoms with van der Waals surface area (Å²) in [7, 11) is 0. The maximum absolute atomic E-state index is 10.00. The summed E-state index contributed by atoms with van der Waals surface area (Å²) in [6.45, 7) is 0. The second kappa shape index (κ2) is 3.72. The highest BCUT2D eigenvalue weighted by atomic mass is 16.3. The topological polar surface area (TPSA) is 50.9 Å². The average Bonchev–Trinajstić information content (AvgIpc) is 2.75. The second-order valence-electron chi connectivity index (χ2n) is 4.05. The van der Waals surface area contributed by atoms with Gasteiger partial charge in [-0.15, -0.1) is 0 Å². The van der Waals surface area contributed by atoms with Crippen LogP contribution in [0.25, 0.3) is 11.4 Å². The molecular formula is C12H13N3O. The van der Waals surface area contributed by atoms with Crippen LogP contribution in [0, 0.1) is 0 Å². The molecule has 1 aliphatic heterocycles. The summed E-state index contributed by atoms with van der Waals surface area (Å²) < 4.78 is 1.93. The zero-order valence-electron chi connectivity index (χ0n) is 8.87. The van der Waals surface area contributed by atoms with E-state index < -0.39 is 6.23 Å². The minimum absolute atomic E-state index is 0.436. The SMILES string of the molecule is OC1CCCc2cnc(-c3ccncc3)n21. The van der Waals surface area contributed by atoms with Crippen molar-refractivity contribution in [2.75, 3.05) is 0 Å². The highest BCUT2D eigenvalue weighted by Gasteiger charge is 2.21. The third-order valence-electron chi connectivity index (χ3n) is 3.01. The van der Waals surface area contributed by atoms with Crippen LogP contribution in [0.4, 0.5) is 0 Å². The van der Waals surface area contributed by atoms with E-state index in [-0.39, 0.29) is 0 Å². The summed E-state index contributed by atoms with van der Waals surface area (Å²) in [4.78, 5) is 8.38. The molecular weight excluding hydrogens is 202 g/mol. The first-order chi connectivity index (χ1) is 7.86. The number of aliphatic hydroxyl groups excluding tert-OH is 1. The van der Waals surface area contributed by atoms with E-state index >= 15 is 0 Å². The zero-order chi connectivity index (χ0) is 11.0. The number of aryl methyl sites for hydroxylation is 1. The number of fused-ring (bicyclic) bond motifs is 1. The third-order valence-corrected chi connectivity index (χ3v) is 3.01. The number of aromatic nitrogens is 3. The Bertz CT molecular complexity index is 492. The van der Waals surface area contributed by atoms with Gasteiger partial charge in [0.2, 0.25) is 0 Å². The van der Waals surface area contributed by atoms with Crippen LogP contribution in [0.1, 0.15) is 24.8 Å². The normalized spacial score (nSPS) is 19.4. The Morgan fingerprint density at radius 3 is 2.94 bits per heavy atom. The van der Waals surface area contributed by atoms with Crippen molar-refractivity contribution in [1.29, 1.82) is 0 Å². The lowest BCUT2D eigenvalue weighted by atomic mass is 10.1. The number of imidazole rings is 1. The predicted octanol–water partition coefficient (Wildman–Crippen LogP) is 1.77. The van der Waals surface area contributed by atoms with E-state index in [0.717, 1.165) is 36.3 Å². The molecule has 0 aromatic carbocycles. The van der Waals surface area contributed by atoms with Gasteiger partial charge in [0.1, 0.15) is 12.1 Å². The number of pyridine rings is 1. The molecule has 3 rings (SSSR count). The zero-order valence-corrected chi connectivity index (χ0v) is 8.87. The molecule has 16 heavy (non-hydrogen) atoms. The Hall–Kier alpha value is -1.68. The lowest BCUT2D eigenvalue weighted by molar-refractivity contribution is 0.0807. The van der Waals surface area contributed by atoms with Gasteiger partial charge >= 0.3 is 0 Å². The van der Waals surface area contributed by atoms with Crippen molar-refractivity contribution in [1.82, 2.24) is 14.5 Å². The fourth-order valence-electron chi connectivity index (χ4n) is 2.22. The molecule has 0 bridgehead atoms. The standard InChI is InChI=1S/C12H13N3O/c16-11-3-1-2-10-8-14-12(15(10)11)9-4-6-13-7-5-9/h4-8,11,16H,1-3H2. The number of hydrogen-bond acceptors (Lipinski definition) is 3. The van der Waals surface area contributed by atoms with Crippen molar-refractivity contribution >= 4 is 0 Å². The molecule has 0 amide bonds. The molecule has 0 aliphatic carbocycles. The summed E-state index contributed by atoms with van der Waals surface area (Å²) in [6, 6.07) is 3.83. The van der Waals surface area contributed by atoms with Crippen molar-refractivity contribution in [3.63, 3.8) is 0 Å². The maximum atomic E-state index is 10.00. The van der Waals surface area contributed by atoms with Crippen molar-refractivity contribution in [3.8, 4) is 11.4 Å². The molecule has 3 heterocycles. The molecule has 0 radical (unpaired) electrons. The molecule has 82 valence electrons. The predicted molar refractivity (Wildman–Crippen MR) is 59.7 cm³/mol. The molecule has 4 heteroatoms. The van der Waals surface area contributed by atoms with Crippen LogP contribution in [0.3, 0.4) is 0 Å². The molecule has 4 nitrogen and oxygen atoms in total. The van der Waals surface area contributed by atoms with Gasteiger partial charge in [0.15, 0.2) is 0 Å². The number of nitrogens with zero attached hydrogens (tertiary/aromatic N) is 3.